The van der Waals surface area contributed by atoms with Crippen LogP contribution in [0, 0.1) is 0 Å². The van der Waals surface area contributed by atoms with Crippen molar-refractivity contribution in [2.24, 2.45) is 0 Å². The first-order valence-electron chi connectivity index (χ1n) is 6.42. The predicted molar refractivity (Wildman–Crippen MR) is 77.6 cm³/mol. The van der Waals surface area contributed by atoms with E-state index in [9.17, 15) is 18.0 Å². The van der Waals surface area contributed by atoms with Crippen LogP contribution in [0.2, 0.25) is 5.02 Å². The maximum atomic E-state index is 12.7. The summed E-state index contributed by atoms with van der Waals surface area (Å²) in [6.45, 7) is 0. The summed E-state index contributed by atoms with van der Waals surface area (Å²) >= 11 is 5.52. The van der Waals surface area contributed by atoms with E-state index in [1.165, 1.54) is 6.07 Å². The van der Waals surface area contributed by atoms with Gasteiger partial charge in [0.25, 0.3) is 0 Å². The fourth-order valence-electron chi connectivity index (χ4n) is 1.85. The molecule has 0 fully saturated rings. The van der Waals surface area contributed by atoms with Crippen molar-refractivity contribution >= 4 is 23.2 Å². The molecule has 116 valence electrons. The molecule has 22 heavy (non-hydrogen) atoms. The van der Waals surface area contributed by atoms with Gasteiger partial charge in [-0.2, -0.15) is 13.2 Å². The number of carbonyl (C=O) groups is 1. The smallest absolute Gasteiger partial charge is 0.326 e. The average molecular weight is 329 g/mol. The number of hydrogen-bond acceptors (Lipinski definition) is 2. The van der Waals surface area contributed by atoms with E-state index in [4.69, 9.17) is 11.6 Å². The maximum Gasteiger partial charge on any atom is 0.417 e. The molecule has 3 nitrogen and oxygen atoms in total. The largest absolute Gasteiger partial charge is 0.417 e. The number of carbonyl (C=O) groups excluding carboxylic acids is 1. The topological polar surface area (TPSA) is 42.0 Å². The Balaban J connectivity index is 2.00. The number of aromatic nitrogens is 1. The molecule has 0 aliphatic heterocycles. The quantitative estimate of drug-likeness (QED) is 0.908. The van der Waals surface area contributed by atoms with Crippen LogP contribution in [0.25, 0.3) is 0 Å². The van der Waals surface area contributed by atoms with Crippen LogP contribution in [0.4, 0.5) is 18.9 Å². The van der Waals surface area contributed by atoms with Crippen molar-refractivity contribution in [1.82, 2.24) is 4.98 Å². The van der Waals surface area contributed by atoms with E-state index in [0.717, 1.165) is 17.7 Å². The van der Waals surface area contributed by atoms with Crippen molar-refractivity contribution in [3.05, 3.63) is 58.9 Å². The summed E-state index contributed by atoms with van der Waals surface area (Å²) in [5, 5.41) is 2.03. The Kier molecular flexibility index (Phi) is 5.03. The monoisotopic (exact) mass is 328 g/mol. The van der Waals surface area contributed by atoms with Gasteiger partial charge in [-0.25, -0.2) is 0 Å². The minimum atomic E-state index is -4.56. The predicted octanol–water partition coefficient (Wildman–Crippen LogP) is 4.33. The van der Waals surface area contributed by atoms with Crippen LogP contribution in [0.3, 0.4) is 0 Å². The Labute approximate surface area is 130 Å². The van der Waals surface area contributed by atoms with Gasteiger partial charge in [0.2, 0.25) is 5.91 Å². The van der Waals surface area contributed by atoms with E-state index >= 15 is 0 Å². The van der Waals surface area contributed by atoms with E-state index < -0.39 is 16.8 Å². The van der Waals surface area contributed by atoms with Crippen molar-refractivity contribution in [2.45, 2.75) is 19.0 Å². The molecule has 0 unspecified atom stereocenters. The lowest BCUT2D eigenvalue weighted by Crippen LogP contribution is -2.14. The summed E-state index contributed by atoms with van der Waals surface area (Å²) in [7, 11) is 0. The zero-order valence-corrected chi connectivity index (χ0v) is 12.1. The highest BCUT2D eigenvalue weighted by molar-refractivity contribution is 6.31. The van der Waals surface area contributed by atoms with Gasteiger partial charge in [-0.05, 0) is 36.2 Å². The number of pyridine rings is 1. The van der Waals surface area contributed by atoms with Crippen molar-refractivity contribution in [2.75, 3.05) is 5.32 Å². The molecule has 0 saturated carbocycles. The lowest BCUT2D eigenvalue weighted by Gasteiger charge is -2.11. The van der Waals surface area contributed by atoms with Crippen LogP contribution in [0.5, 0.6) is 0 Å². The molecule has 1 aromatic carbocycles. The Morgan fingerprint density at radius 3 is 2.68 bits per heavy atom. The van der Waals surface area contributed by atoms with Crippen LogP contribution < -0.4 is 5.32 Å². The number of nitrogens with one attached hydrogen (secondary N) is 1. The molecular weight excluding hydrogens is 317 g/mol. The van der Waals surface area contributed by atoms with Gasteiger partial charge >= 0.3 is 6.18 Å². The van der Waals surface area contributed by atoms with Gasteiger partial charge in [0, 0.05) is 24.5 Å². The minimum absolute atomic E-state index is 0.0629. The minimum Gasteiger partial charge on any atom is -0.326 e. The van der Waals surface area contributed by atoms with Crippen molar-refractivity contribution in [1.29, 1.82) is 0 Å². The first-order valence-corrected chi connectivity index (χ1v) is 6.79. The number of nitrogens with zero attached hydrogens (tertiary/aromatic N) is 1. The van der Waals surface area contributed by atoms with E-state index in [-0.39, 0.29) is 18.0 Å². The molecule has 0 atom stereocenters. The highest BCUT2D eigenvalue weighted by atomic mass is 35.5. The molecule has 0 bridgehead atoms. The van der Waals surface area contributed by atoms with Crippen LogP contribution in [-0.4, -0.2) is 10.9 Å². The number of rotatable bonds is 4. The van der Waals surface area contributed by atoms with Crippen molar-refractivity contribution < 1.29 is 18.0 Å². The molecule has 7 heteroatoms. The van der Waals surface area contributed by atoms with Crippen molar-refractivity contribution in [3.63, 3.8) is 0 Å². The molecule has 0 aliphatic carbocycles. The third-order valence-electron chi connectivity index (χ3n) is 2.92. The zero-order chi connectivity index (χ0) is 16.2. The summed E-state index contributed by atoms with van der Waals surface area (Å²) in [6.07, 6.45) is -0.699. The average Bonchev–Trinajstić information content (AvgIpc) is 2.47. The molecule has 1 aromatic heterocycles. The van der Waals surface area contributed by atoms with Crippen LogP contribution in [0.15, 0.2) is 42.7 Å². The van der Waals surface area contributed by atoms with Crippen LogP contribution in [-0.2, 0) is 17.4 Å². The number of anilines is 1. The van der Waals surface area contributed by atoms with Gasteiger partial charge in [0.05, 0.1) is 10.6 Å². The second-order valence-corrected chi connectivity index (χ2v) is 5.01. The molecule has 0 radical (unpaired) electrons. The molecule has 1 heterocycles. The fraction of sp³-hybridized carbons (Fsp3) is 0.200. The molecule has 1 N–H and O–H groups in total. The van der Waals surface area contributed by atoms with E-state index in [2.05, 4.69) is 10.3 Å². The summed E-state index contributed by atoms with van der Waals surface area (Å²) in [6, 6.07) is 6.84. The van der Waals surface area contributed by atoms with E-state index in [1.807, 2.05) is 6.07 Å². The Morgan fingerprint density at radius 2 is 2.05 bits per heavy atom. The first-order chi connectivity index (χ1) is 10.4. The molecule has 0 spiro atoms. The molecule has 1 amide bonds. The second-order valence-electron chi connectivity index (χ2n) is 4.60. The van der Waals surface area contributed by atoms with Gasteiger partial charge in [-0.15, -0.1) is 0 Å². The summed E-state index contributed by atoms with van der Waals surface area (Å²) in [5.74, 6) is -0.376. The molecule has 0 aliphatic rings. The second kappa shape index (κ2) is 6.79. The van der Waals surface area contributed by atoms with Gasteiger partial charge in [-0.1, -0.05) is 17.7 Å². The number of hydrogen-bond donors (Lipinski definition) is 1. The number of benzene rings is 1. The van der Waals surface area contributed by atoms with Gasteiger partial charge < -0.3 is 5.32 Å². The maximum absolute atomic E-state index is 12.7. The molecule has 2 aromatic rings. The normalized spacial score (nSPS) is 11.3. The summed E-state index contributed by atoms with van der Waals surface area (Å²) in [4.78, 5) is 15.7. The van der Waals surface area contributed by atoms with E-state index in [0.29, 0.717) is 6.42 Å². The lowest BCUT2D eigenvalue weighted by atomic mass is 10.1. The van der Waals surface area contributed by atoms with Crippen molar-refractivity contribution in [3.8, 4) is 0 Å². The lowest BCUT2D eigenvalue weighted by molar-refractivity contribution is -0.137. The third kappa shape index (κ3) is 4.46. The van der Waals surface area contributed by atoms with E-state index in [1.54, 1.807) is 18.5 Å². The number of aryl methyl sites for hydroxylation is 1. The number of alkyl halides is 3. The Hall–Kier alpha value is -2.08. The SMILES string of the molecule is O=C(CCc1cccnc1)Nc1ccc(Cl)c(C(F)(F)F)c1. The first kappa shape index (κ1) is 16.3. The summed E-state index contributed by atoms with van der Waals surface area (Å²) in [5.41, 5.74) is -0.0307. The van der Waals surface area contributed by atoms with Crippen LogP contribution >= 0.6 is 11.6 Å². The van der Waals surface area contributed by atoms with Gasteiger partial charge in [0.1, 0.15) is 0 Å². The molecular formula is C15H12ClF3N2O. The molecule has 0 saturated heterocycles. The van der Waals surface area contributed by atoms with Crippen LogP contribution in [0.1, 0.15) is 17.5 Å². The molecule has 2 rings (SSSR count). The Morgan fingerprint density at radius 1 is 1.27 bits per heavy atom. The highest BCUT2D eigenvalue weighted by Gasteiger charge is 2.33. The van der Waals surface area contributed by atoms with Gasteiger partial charge in [0.15, 0.2) is 0 Å². The number of amides is 1. The van der Waals surface area contributed by atoms with Gasteiger partial charge in [-0.3, -0.25) is 9.78 Å². The standard InChI is InChI=1S/C15H12ClF3N2O/c16-13-5-4-11(8-12(13)15(17,18)19)21-14(22)6-3-10-2-1-7-20-9-10/h1-2,4-5,7-9H,3,6H2,(H,21,22). The summed E-state index contributed by atoms with van der Waals surface area (Å²) < 4.78 is 38.2. The zero-order valence-electron chi connectivity index (χ0n) is 11.3. The Bertz CT molecular complexity index is 660. The highest BCUT2D eigenvalue weighted by Crippen LogP contribution is 2.36. The number of halogens is 4. The fourth-order valence-corrected chi connectivity index (χ4v) is 2.07. The third-order valence-corrected chi connectivity index (χ3v) is 3.25.